The van der Waals surface area contributed by atoms with Crippen molar-refractivity contribution in [1.82, 2.24) is 5.32 Å². The number of anilines is 1. The number of ether oxygens (including phenoxy) is 2. The molecule has 1 saturated heterocycles. The van der Waals surface area contributed by atoms with Crippen LogP contribution >= 0.6 is 15.9 Å². The fourth-order valence-electron chi connectivity index (χ4n) is 2.81. The Hall–Kier alpha value is -2.38. The lowest BCUT2D eigenvalue weighted by molar-refractivity contribution is 0.0975. The molecule has 0 radical (unpaired) electrons. The van der Waals surface area contributed by atoms with Gasteiger partial charge in [0.1, 0.15) is 5.75 Å². The molecular weight excluding hydrogens is 422 g/mol. The average Bonchev–Trinajstić information content (AvgIpc) is 3.22. The lowest BCUT2D eigenvalue weighted by Gasteiger charge is -2.13. The summed E-state index contributed by atoms with van der Waals surface area (Å²) in [7, 11) is 0. The van der Waals surface area contributed by atoms with Crippen molar-refractivity contribution >= 4 is 33.5 Å². The molecule has 28 heavy (non-hydrogen) atoms. The van der Waals surface area contributed by atoms with E-state index < -0.39 is 0 Å². The maximum Gasteiger partial charge on any atom is 0.257 e. The average molecular weight is 446 g/mol. The SMILES string of the molecule is CCOc1ccc(C(=O)NC(=NCC2CCCO2)Nc2ccc(Br)cc2)cc1. The third-order valence-electron chi connectivity index (χ3n) is 4.24. The van der Waals surface area contributed by atoms with E-state index >= 15 is 0 Å². The predicted octanol–water partition coefficient (Wildman–Crippen LogP) is 4.22. The van der Waals surface area contributed by atoms with Gasteiger partial charge in [-0.25, -0.2) is 4.99 Å². The van der Waals surface area contributed by atoms with Gasteiger partial charge in [0.15, 0.2) is 0 Å². The first-order valence-corrected chi connectivity index (χ1v) is 10.2. The molecule has 1 fully saturated rings. The van der Waals surface area contributed by atoms with E-state index in [9.17, 15) is 4.79 Å². The third kappa shape index (κ3) is 6.07. The van der Waals surface area contributed by atoms with Gasteiger partial charge in [0.25, 0.3) is 5.91 Å². The zero-order valence-corrected chi connectivity index (χ0v) is 17.4. The molecule has 1 aliphatic rings. The minimum atomic E-state index is -0.237. The second-order valence-corrected chi connectivity index (χ2v) is 7.28. The Morgan fingerprint density at radius 2 is 1.96 bits per heavy atom. The summed E-state index contributed by atoms with van der Waals surface area (Å²) in [5.41, 5.74) is 1.37. The normalized spacial score (nSPS) is 16.6. The van der Waals surface area contributed by atoms with Gasteiger partial charge in [-0.1, -0.05) is 15.9 Å². The number of hydrogen-bond donors (Lipinski definition) is 2. The lowest BCUT2D eigenvalue weighted by atomic mass is 10.2. The topological polar surface area (TPSA) is 72.0 Å². The summed E-state index contributed by atoms with van der Waals surface area (Å²) in [5, 5.41) is 6.04. The molecule has 2 aromatic carbocycles. The summed E-state index contributed by atoms with van der Waals surface area (Å²) in [6.07, 6.45) is 2.14. The molecular formula is C21H24BrN3O3. The smallest absolute Gasteiger partial charge is 0.257 e. The van der Waals surface area contributed by atoms with Gasteiger partial charge in [-0.15, -0.1) is 0 Å². The van der Waals surface area contributed by atoms with Gasteiger partial charge in [0.2, 0.25) is 5.96 Å². The number of carbonyl (C=O) groups excluding carboxylic acids is 1. The largest absolute Gasteiger partial charge is 0.494 e. The summed E-state index contributed by atoms with van der Waals surface area (Å²) in [4.78, 5) is 17.2. The van der Waals surface area contributed by atoms with Crippen LogP contribution in [0.3, 0.4) is 0 Å². The number of halogens is 1. The number of aliphatic imine (C=N–C) groups is 1. The Morgan fingerprint density at radius 1 is 1.21 bits per heavy atom. The summed E-state index contributed by atoms with van der Waals surface area (Å²) in [6, 6.07) is 14.7. The van der Waals surface area contributed by atoms with Crippen molar-refractivity contribution in [3.63, 3.8) is 0 Å². The fourth-order valence-corrected chi connectivity index (χ4v) is 3.07. The fraction of sp³-hybridized carbons (Fsp3) is 0.333. The van der Waals surface area contributed by atoms with E-state index in [0.29, 0.717) is 24.7 Å². The summed E-state index contributed by atoms with van der Waals surface area (Å²) in [6.45, 7) is 3.78. The summed E-state index contributed by atoms with van der Waals surface area (Å²) >= 11 is 3.42. The maximum atomic E-state index is 12.7. The van der Waals surface area contributed by atoms with Gasteiger partial charge in [-0.05, 0) is 68.3 Å². The van der Waals surface area contributed by atoms with Gasteiger partial charge in [0.05, 0.1) is 19.3 Å². The van der Waals surface area contributed by atoms with Gasteiger partial charge in [0, 0.05) is 22.3 Å². The van der Waals surface area contributed by atoms with Crippen LogP contribution in [0.5, 0.6) is 5.75 Å². The van der Waals surface area contributed by atoms with Crippen LogP contribution in [0.1, 0.15) is 30.1 Å². The first-order chi connectivity index (χ1) is 13.6. The minimum Gasteiger partial charge on any atom is -0.494 e. The first-order valence-electron chi connectivity index (χ1n) is 9.37. The summed E-state index contributed by atoms with van der Waals surface area (Å²) < 4.78 is 12.0. The van der Waals surface area contributed by atoms with Gasteiger partial charge in [-0.3, -0.25) is 10.1 Å². The van der Waals surface area contributed by atoms with E-state index in [2.05, 4.69) is 31.6 Å². The minimum absolute atomic E-state index is 0.101. The molecule has 1 amide bonds. The van der Waals surface area contributed by atoms with Crippen molar-refractivity contribution in [1.29, 1.82) is 0 Å². The molecule has 0 aliphatic carbocycles. The number of benzene rings is 2. The highest BCUT2D eigenvalue weighted by Gasteiger charge is 2.16. The van der Waals surface area contributed by atoms with Crippen LogP contribution in [-0.4, -0.2) is 37.7 Å². The molecule has 6 nitrogen and oxygen atoms in total. The summed E-state index contributed by atoms with van der Waals surface area (Å²) in [5.74, 6) is 0.898. The molecule has 2 aromatic rings. The van der Waals surface area contributed by atoms with E-state index in [1.165, 1.54) is 0 Å². The number of amides is 1. The quantitative estimate of drug-likeness (QED) is 0.515. The van der Waals surface area contributed by atoms with Crippen molar-refractivity contribution in [2.45, 2.75) is 25.9 Å². The van der Waals surface area contributed by atoms with Crippen LogP contribution in [0.4, 0.5) is 5.69 Å². The van der Waals surface area contributed by atoms with Crippen molar-refractivity contribution in [2.24, 2.45) is 4.99 Å². The van der Waals surface area contributed by atoms with Crippen molar-refractivity contribution < 1.29 is 14.3 Å². The first kappa shape index (κ1) is 20.4. The Morgan fingerprint density at radius 3 is 2.61 bits per heavy atom. The Labute approximate surface area is 173 Å². The number of rotatable bonds is 6. The monoisotopic (exact) mass is 445 g/mol. The molecule has 0 bridgehead atoms. The lowest BCUT2D eigenvalue weighted by Crippen LogP contribution is -2.36. The molecule has 3 rings (SSSR count). The van der Waals surface area contributed by atoms with Gasteiger partial charge < -0.3 is 14.8 Å². The molecule has 1 atom stereocenters. The molecule has 2 N–H and O–H groups in total. The number of hydrogen-bond acceptors (Lipinski definition) is 4. The van der Waals surface area contributed by atoms with Gasteiger partial charge >= 0.3 is 0 Å². The van der Waals surface area contributed by atoms with E-state index in [1.807, 2.05) is 31.2 Å². The van der Waals surface area contributed by atoms with Crippen LogP contribution in [0.15, 0.2) is 58.0 Å². The standard InChI is InChI=1S/C21H24BrN3O3/c1-2-27-18-11-5-15(6-12-18)20(26)25-21(23-14-19-4-3-13-28-19)24-17-9-7-16(22)8-10-17/h5-12,19H,2-4,13-14H2,1H3,(H2,23,24,25,26). The highest BCUT2D eigenvalue weighted by atomic mass is 79.9. The Bertz CT molecular complexity index is 801. The number of nitrogens with one attached hydrogen (secondary N) is 2. The van der Waals surface area contributed by atoms with Gasteiger partial charge in [-0.2, -0.15) is 0 Å². The Balaban J connectivity index is 1.70. The van der Waals surface area contributed by atoms with Crippen molar-refractivity contribution in [3.05, 3.63) is 58.6 Å². The van der Waals surface area contributed by atoms with Crippen LogP contribution in [0.2, 0.25) is 0 Å². The highest BCUT2D eigenvalue weighted by molar-refractivity contribution is 9.10. The molecule has 1 heterocycles. The second-order valence-electron chi connectivity index (χ2n) is 6.37. The highest BCUT2D eigenvalue weighted by Crippen LogP contribution is 2.16. The van der Waals surface area contributed by atoms with Crippen molar-refractivity contribution in [3.8, 4) is 5.75 Å². The molecule has 0 saturated carbocycles. The maximum absolute atomic E-state index is 12.7. The third-order valence-corrected chi connectivity index (χ3v) is 4.77. The van der Waals surface area contributed by atoms with E-state index in [1.54, 1.807) is 24.3 Å². The van der Waals surface area contributed by atoms with E-state index in [0.717, 1.165) is 35.4 Å². The predicted molar refractivity (Wildman–Crippen MR) is 114 cm³/mol. The molecule has 1 unspecified atom stereocenters. The van der Waals surface area contributed by atoms with E-state index in [4.69, 9.17) is 9.47 Å². The van der Waals surface area contributed by atoms with Crippen molar-refractivity contribution in [2.75, 3.05) is 25.1 Å². The molecule has 0 spiro atoms. The number of nitrogens with zero attached hydrogens (tertiary/aromatic N) is 1. The number of guanidine groups is 1. The Kier molecular flexibility index (Phi) is 7.45. The molecule has 1 aliphatic heterocycles. The van der Waals surface area contributed by atoms with Crippen LogP contribution < -0.4 is 15.4 Å². The van der Waals surface area contributed by atoms with Crippen LogP contribution in [-0.2, 0) is 4.74 Å². The van der Waals surface area contributed by atoms with Crippen LogP contribution in [0.25, 0.3) is 0 Å². The second kappa shape index (κ2) is 10.2. The molecule has 0 aromatic heterocycles. The van der Waals surface area contributed by atoms with E-state index in [-0.39, 0.29) is 12.0 Å². The molecule has 7 heteroatoms. The van der Waals surface area contributed by atoms with Crippen LogP contribution in [0, 0.1) is 0 Å². The number of carbonyl (C=O) groups is 1. The zero-order valence-electron chi connectivity index (χ0n) is 15.8. The molecule has 148 valence electrons. The zero-order chi connectivity index (χ0) is 19.8.